The molecule has 0 bridgehead atoms. The molecule has 0 saturated heterocycles. The Kier molecular flexibility index (Phi) is 5.39. The average Bonchev–Trinajstić information content (AvgIpc) is 2.48. The standard InChI is InChI=1S/C18H21NO/c1-3-12-19-13-16-8-10-18(11-9-16)20-14-17-7-5-4-6-15(17)2/h3-11,19H,1,12-14H2,2H3. The molecular formula is C18H21NO. The summed E-state index contributed by atoms with van der Waals surface area (Å²) in [6, 6.07) is 16.5. The second-order valence-corrected chi connectivity index (χ2v) is 4.78. The highest BCUT2D eigenvalue weighted by atomic mass is 16.5. The normalized spacial score (nSPS) is 10.2. The van der Waals surface area contributed by atoms with Crippen molar-refractivity contribution in [1.82, 2.24) is 5.32 Å². The van der Waals surface area contributed by atoms with Crippen molar-refractivity contribution in [2.75, 3.05) is 6.54 Å². The molecule has 1 N–H and O–H groups in total. The summed E-state index contributed by atoms with van der Waals surface area (Å²) in [5.41, 5.74) is 3.73. The summed E-state index contributed by atoms with van der Waals surface area (Å²) in [5.74, 6) is 0.903. The molecule has 0 aliphatic rings. The zero-order chi connectivity index (χ0) is 14.2. The van der Waals surface area contributed by atoms with E-state index in [0.717, 1.165) is 18.8 Å². The first-order valence-electron chi connectivity index (χ1n) is 6.87. The Hall–Kier alpha value is -2.06. The van der Waals surface area contributed by atoms with Gasteiger partial charge in [-0.1, -0.05) is 42.5 Å². The van der Waals surface area contributed by atoms with E-state index in [2.05, 4.69) is 43.1 Å². The van der Waals surface area contributed by atoms with Crippen LogP contribution < -0.4 is 10.1 Å². The molecule has 104 valence electrons. The van der Waals surface area contributed by atoms with E-state index in [9.17, 15) is 0 Å². The molecular weight excluding hydrogens is 246 g/mol. The summed E-state index contributed by atoms with van der Waals surface area (Å²) in [6.07, 6.45) is 1.86. The third-order valence-electron chi connectivity index (χ3n) is 3.20. The number of aryl methyl sites for hydroxylation is 1. The van der Waals surface area contributed by atoms with Gasteiger partial charge in [0.15, 0.2) is 0 Å². The molecule has 0 atom stereocenters. The summed E-state index contributed by atoms with van der Waals surface area (Å²) in [4.78, 5) is 0. The zero-order valence-corrected chi connectivity index (χ0v) is 11.9. The highest BCUT2D eigenvalue weighted by Gasteiger charge is 1.99. The molecule has 0 aliphatic heterocycles. The van der Waals surface area contributed by atoms with E-state index in [0.29, 0.717) is 6.61 Å². The summed E-state index contributed by atoms with van der Waals surface area (Å²) < 4.78 is 5.82. The number of benzene rings is 2. The Labute approximate surface area is 121 Å². The topological polar surface area (TPSA) is 21.3 Å². The second-order valence-electron chi connectivity index (χ2n) is 4.78. The van der Waals surface area contributed by atoms with Gasteiger partial charge < -0.3 is 10.1 Å². The van der Waals surface area contributed by atoms with E-state index in [1.807, 2.05) is 30.3 Å². The van der Waals surface area contributed by atoms with Gasteiger partial charge in [-0.3, -0.25) is 0 Å². The van der Waals surface area contributed by atoms with Crippen molar-refractivity contribution in [2.24, 2.45) is 0 Å². The molecule has 20 heavy (non-hydrogen) atoms. The predicted octanol–water partition coefficient (Wildman–Crippen LogP) is 3.85. The van der Waals surface area contributed by atoms with Crippen LogP contribution in [-0.2, 0) is 13.2 Å². The number of hydrogen-bond donors (Lipinski definition) is 1. The lowest BCUT2D eigenvalue weighted by molar-refractivity contribution is 0.305. The molecule has 0 aliphatic carbocycles. The van der Waals surface area contributed by atoms with Crippen LogP contribution in [0.3, 0.4) is 0 Å². The van der Waals surface area contributed by atoms with Crippen LogP contribution >= 0.6 is 0 Å². The van der Waals surface area contributed by atoms with E-state index < -0.39 is 0 Å². The van der Waals surface area contributed by atoms with Gasteiger partial charge in [0.2, 0.25) is 0 Å². The highest BCUT2D eigenvalue weighted by molar-refractivity contribution is 5.29. The zero-order valence-electron chi connectivity index (χ0n) is 11.9. The molecule has 2 aromatic rings. The molecule has 0 saturated carbocycles. The maximum absolute atomic E-state index is 5.82. The van der Waals surface area contributed by atoms with Gasteiger partial charge in [-0.2, -0.15) is 0 Å². The van der Waals surface area contributed by atoms with E-state index in [1.54, 1.807) is 0 Å². The summed E-state index contributed by atoms with van der Waals surface area (Å²) in [6.45, 7) is 8.08. The quantitative estimate of drug-likeness (QED) is 0.608. The first-order valence-corrected chi connectivity index (χ1v) is 6.87. The van der Waals surface area contributed by atoms with E-state index in [4.69, 9.17) is 4.74 Å². The molecule has 0 spiro atoms. The van der Waals surface area contributed by atoms with Crippen LogP contribution in [0.15, 0.2) is 61.2 Å². The largest absolute Gasteiger partial charge is 0.489 e. The fourth-order valence-electron chi connectivity index (χ4n) is 1.96. The molecule has 2 heteroatoms. The lowest BCUT2D eigenvalue weighted by Crippen LogP contribution is -2.12. The minimum absolute atomic E-state index is 0.612. The van der Waals surface area contributed by atoms with Crippen molar-refractivity contribution in [1.29, 1.82) is 0 Å². The fourth-order valence-corrected chi connectivity index (χ4v) is 1.96. The predicted molar refractivity (Wildman–Crippen MR) is 83.9 cm³/mol. The van der Waals surface area contributed by atoms with Gasteiger partial charge in [-0.05, 0) is 35.7 Å². The van der Waals surface area contributed by atoms with Gasteiger partial charge in [0.05, 0.1) is 0 Å². The Morgan fingerprint density at radius 1 is 1.10 bits per heavy atom. The molecule has 2 nitrogen and oxygen atoms in total. The maximum Gasteiger partial charge on any atom is 0.119 e. The van der Waals surface area contributed by atoms with E-state index in [1.165, 1.54) is 16.7 Å². The lowest BCUT2D eigenvalue weighted by Gasteiger charge is -2.09. The van der Waals surface area contributed by atoms with Gasteiger partial charge in [0, 0.05) is 13.1 Å². The van der Waals surface area contributed by atoms with Crippen LogP contribution in [0.4, 0.5) is 0 Å². The van der Waals surface area contributed by atoms with E-state index in [-0.39, 0.29) is 0 Å². The molecule has 2 rings (SSSR count). The van der Waals surface area contributed by atoms with Crippen LogP contribution in [0.25, 0.3) is 0 Å². The van der Waals surface area contributed by atoms with Crippen LogP contribution in [0.1, 0.15) is 16.7 Å². The number of nitrogens with one attached hydrogen (secondary N) is 1. The third kappa shape index (κ3) is 4.25. The van der Waals surface area contributed by atoms with E-state index >= 15 is 0 Å². The molecule has 0 unspecified atom stereocenters. The summed E-state index contributed by atoms with van der Waals surface area (Å²) in [7, 11) is 0. The smallest absolute Gasteiger partial charge is 0.119 e. The van der Waals surface area contributed by atoms with Gasteiger partial charge in [-0.25, -0.2) is 0 Å². The van der Waals surface area contributed by atoms with Gasteiger partial charge in [-0.15, -0.1) is 6.58 Å². The molecule has 0 aromatic heterocycles. The van der Waals surface area contributed by atoms with Crippen LogP contribution in [0.2, 0.25) is 0 Å². The van der Waals surface area contributed by atoms with Crippen molar-refractivity contribution in [3.8, 4) is 5.75 Å². The Morgan fingerprint density at radius 2 is 1.85 bits per heavy atom. The molecule has 0 heterocycles. The van der Waals surface area contributed by atoms with Crippen molar-refractivity contribution in [3.63, 3.8) is 0 Å². The first-order chi connectivity index (χ1) is 9.79. The van der Waals surface area contributed by atoms with Crippen LogP contribution in [0.5, 0.6) is 5.75 Å². The summed E-state index contributed by atoms with van der Waals surface area (Å²) >= 11 is 0. The lowest BCUT2D eigenvalue weighted by atomic mass is 10.1. The molecule has 0 amide bonds. The van der Waals surface area contributed by atoms with Crippen LogP contribution in [-0.4, -0.2) is 6.54 Å². The number of rotatable bonds is 7. The number of hydrogen-bond acceptors (Lipinski definition) is 2. The molecule has 0 fully saturated rings. The Bertz CT molecular complexity index is 546. The van der Waals surface area contributed by atoms with Crippen molar-refractivity contribution in [3.05, 3.63) is 77.9 Å². The maximum atomic E-state index is 5.82. The summed E-state index contributed by atoms with van der Waals surface area (Å²) in [5, 5.41) is 3.28. The highest BCUT2D eigenvalue weighted by Crippen LogP contribution is 2.15. The first kappa shape index (κ1) is 14.4. The minimum atomic E-state index is 0.612. The van der Waals surface area contributed by atoms with Crippen LogP contribution in [0, 0.1) is 6.92 Å². The molecule has 0 radical (unpaired) electrons. The monoisotopic (exact) mass is 267 g/mol. The fraction of sp³-hybridized carbons (Fsp3) is 0.222. The minimum Gasteiger partial charge on any atom is -0.489 e. The number of ether oxygens (including phenoxy) is 1. The van der Waals surface area contributed by atoms with Crippen molar-refractivity contribution < 1.29 is 4.74 Å². The molecule has 2 aromatic carbocycles. The van der Waals surface area contributed by atoms with Gasteiger partial charge in [0.1, 0.15) is 12.4 Å². The van der Waals surface area contributed by atoms with Gasteiger partial charge in [0.25, 0.3) is 0 Å². The Balaban J connectivity index is 1.87. The van der Waals surface area contributed by atoms with Crippen molar-refractivity contribution in [2.45, 2.75) is 20.1 Å². The van der Waals surface area contributed by atoms with Crippen molar-refractivity contribution >= 4 is 0 Å². The Morgan fingerprint density at radius 3 is 2.55 bits per heavy atom. The van der Waals surface area contributed by atoms with Gasteiger partial charge >= 0.3 is 0 Å². The average molecular weight is 267 g/mol. The SMILES string of the molecule is C=CCNCc1ccc(OCc2ccccc2C)cc1. The third-order valence-corrected chi connectivity index (χ3v) is 3.20. The second kappa shape index (κ2) is 7.51.